The lowest BCUT2D eigenvalue weighted by molar-refractivity contribution is 0.222. The Hall–Kier alpha value is -0.850. The van der Waals surface area contributed by atoms with Gasteiger partial charge in [-0.25, -0.2) is 0 Å². The lowest BCUT2D eigenvalue weighted by Gasteiger charge is -2.13. The predicted molar refractivity (Wildman–Crippen MR) is 39.3 cm³/mol. The summed E-state index contributed by atoms with van der Waals surface area (Å²) in [4.78, 5) is 1.81. The van der Waals surface area contributed by atoms with Crippen LogP contribution in [0.25, 0.3) is 0 Å². The quantitative estimate of drug-likeness (QED) is 0.431. The number of nitriles is 1. The number of aliphatic hydroxyl groups excluding tert-OH is 1. The number of nitrogens with zero attached hydrogens (tertiary/aromatic N) is 2. The van der Waals surface area contributed by atoms with Gasteiger partial charge in [-0.15, -0.1) is 6.58 Å². The fourth-order valence-corrected chi connectivity index (χ4v) is 0.659. The molecule has 0 aliphatic carbocycles. The van der Waals surface area contributed by atoms with Gasteiger partial charge in [0.25, 0.3) is 0 Å². The Morgan fingerprint density at radius 3 is 2.80 bits per heavy atom. The van der Waals surface area contributed by atoms with Gasteiger partial charge in [-0.2, -0.15) is 5.26 Å². The molecule has 0 amide bonds. The summed E-state index contributed by atoms with van der Waals surface area (Å²) >= 11 is 0. The summed E-state index contributed by atoms with van der Waals surface area (Å²) in [5.41, 5.74) is 0. The maximum absolute atomic E-state index is 8.50. The maximum Gasteiger partial charge on any atom is 0.0869 e. The molecular formula is C7H12N2O. The fourth-order valence-electron chi connectivity index (χ4n) is 0.659. The molecule has 1 N–H and O–H groups in total. The summed E-state index contributed by atoms with van der Waals surface area (Å²) in [6.07, 6.45) is 1.72. The van der Waals surface area contributed by atoms with Crippen LogP contribution in [0.1, 0.15) is 0 Å². The van der Waals surface area contributed by atoms with E-state index in [-0.39, 0.29) is 6.61 Å². The van der Waals surface area contributed by atoms with Crippen LogP contribution in [0, 0.1) is 11.3 Å². The molecule has 3 nitrogen and oxygen atoms in total. The molecule has 0 atom stereocenters. The molecule has 0 saturated carbocycles. The van der Waals surface area contributed by atoms with Gasteiger partial charge in [0, 0.05) is 13.1 Å². The molecular weight excluding hydrogens is 128 g/mol. The first-order chi connectivity index (χ1) is 4.85. The second-order valence-electron chi connectivity index (χ2n) is 1.91. The highest BCUT2D eigenvalue weighted by molar-refractivity contribution is 4.81. The molecule has 0 unspecified atom stereocenters. The third-order valence-electron chi connectivity index (χ3n) is 1.10. The van der Waals surface area contributed by atoms with Gasteiger partial charge >= 0.3 is 0 Å². The average Bonchev–Trinajstić information content (AvgIpc) is 1.90. The van der Waals surface area contributed by atoms with Crippen LogP contribution in [0.15, 0.2) is 12.7 Å². The summed E-state index contributed by atoms with van der Waals surface area (Å²) in [5, 5.41) is 16.8. The second-order valence-corrected chi connectivity index (χ2v) is 1.91. The highest BCUT2D eigenvalue weighted by Crippen LogP contribution is 1.85. The summed E-state index contributed by atoms with van der Waals surface area (Å²) in [7, 11) is 0. The molecule has 0 spiro atoms. The van der Waals surface area contributed by atoms with Gasteiger partial charge in [0.05, 0.1) is 19.2 Å². The zero-order chi connectivity index (χ0) is 7.82. The topological polar surface area (TPSA) is 47.3 Å². The molecule has 0 fully saturated rings. The summed E-state index contributed by atoms with van der Waals surface area (Å²) in [6, 6.07) is 2.00. The van der Waals surface area contributed by atoms with Gasteiger partial charge in [-0.1, -0.05) is 6.08 Å². The van der Waals surface area contributed by atoms with E-state index in [1.165, 1.54) is 0 Å². The summed E-state index contributed by atoms with van der Waals surface area (Å²) in [6.45, 7) is 5.18. The molecule has 0 aliphatic rings. The Bertz CT molecular complexity index is 128. The van der Waals surface area contributed by atoms with Crippen LogP contribution in [0.3, 0.4) is 0 Å². The Morgan fingerprint density at radius 2 is 2.40 bits per heavy atom. The van der Waals surface area contributed by atoms with E-state index < -0.39 is 0 Å². The van der Waals surface area contributed by atoms with E-state index in [1.54, 1.807) is 6.08 Å². The molecule has 3 heteroatoms. The smallest absolute Gasteiger partial charge is 0.0869 e. The standard InChI is InChI=1S/C7H12N2O/c1-2-4-9(5-3-8)6-7-10/h2,10H,1,4-7H2. The van der Waals surface area contributed by atoms with Gasteiger partial charge in [-0.3, -0.25) is 4.90 Å². The van der Waals surface area contributed by atoms with E-state index in [0.717, 1.165) is 0 Å². The van der Waals surface area contributed by atoms with Crippen LogP contribution in [0.2, 0.25) is 0 Å². The first-order valence-corrected chi connectivity index (χ1v) is 3.16. The van der Waals surface area contributed by atoms with Crippen LogP contribution in [-0.4, -0.2) is 36.2 Å². The molecule has 56 valence electrons. The van der Waals surface area contributed by atoms with Crippen LogP contribution >= 0.6 is 0 Å². The fraction of sp³-hybridized carbons (Fsp3) is 0.571. The van der Waals surface area contributed by atoms with Gasteiger partial charge in [0.15, 0.2) is 0 Å². The number of hydrogen-bond acceptors (Lipinski definition) is 3. The van der Waals surface area contributed by atoms with Crippen molar-refractivity contribution >= 4 is 0 Å². The molecule has 0 radical (unpaired) electrons. The van der Waals surface area contributed by atoms with E-state index >= 15 is 0 Å². The van der Waals surface area contributed by atoms with E-state index in [2.05, 4.69) is 6.58 Å². The number of aliphatic hydroxyl groups is 1. The molecule has 0 saturated heterocycles. The molecule has 0 aliphatic heterocycles. The first kappa shape index (κ1) is 9.15. The van der Waals surface area contributed by atoms with Crippen LogP contribution in [-0.2, 0) is 0 Å². The van der Waals surface area contributed by atoms with Crippen LogP contribution < -0.4 is 0 Å². The third-order valence-corrected chi connectivity index (χ3v) is 1.10. The zero-order valence-electron chi connectivity index (χ0n) is 5.95. The van der Waals surface area contributed by atoms with Crippen molar-refractivity contribution in [3.63, 3.8) is 0 Å². The minimum absolute atomic E-state index is 0.0928. The summed E-state index contributed by atoms with van der Waals surface area (Å²) in [5.74, 6) is 0. The van der Waals surface area contributed by atoms with Crippen molar-refractivity contribution in [2.24, 2.45) is 0 Å². The lowest BCUT2D eigenvalue weighted by atomic mass is 10.4. The van der Waals surface area contributed by atoms with Crippen molar-refractivity contribution in [2.75, 3.05) is 26.2 Å². The monoisotopic (exact) mass is 140 g/mol. The minimum atomic E-state index is 0.0928. The number of rotatable bonds is 5. The Morgan fingerprint density at radius 1 is 1.70 bits per heavy atom. The van der Waals surface area contributed by atoms with Crippen molar-refractivity contribution in [1.29, 1.82) is 5.26 Å². The SMILES string of the molecule is C=CCN(CC#N)CCO. The molecule has 0 aromatic rings. The third kappa shape index (κ3) is 4.07. The maximum atomic E-state index is 8.50. The Balaban J connectivity index is 3.51. The first-order valence-electron chi connectivity index (χ1n) is 3.16. The molecule has 0 heterocycles. The van der Waals surface area contributed by atoms with Gasteiger partial charge in [0.2, 0.25) is 0 Å². The predicted octanol–water partition coefficient (Wildman–Crippen LogP) is -0.00972. The van der Waals surface area contributed by atoms with Crippen molar-refractivity contribution < 1.29 is 5.11 Å². The van der Waals surface area contributed by atoms with E-state index in [1.807, 2.05) is 11.0 Å². The van der Waals surface area contributed by atoms with E-state index in [0.29, 0.717) is 19.6 Å². The lowest BCUT2D eigenvalue weighted by Crippen LogP contribution is -2.27. The normalized spacial score (nSPS) is 9.30. The molecule has 0 bridgehead atoms. The van der Waals surface area contributed by atoms with Crippen molar-refractivity contribution in [2.45, 2.75) is 0 Å². The van der Waals surface area contributed by atoms with Gasteiger partial charge in [0.1, 0.15) is 0 Å². The highest BCUT2D eigenvalue weighted by atomic mass is 16.3. The van der Waals surface area contributed by atoms with Gasteiger partial charge < -0.3 is 5.11 Å². The van der Waals surface area contributed by atoms with Crippen molar-refractivity contribution in [1.82, 2.24) is 4.90 Å². The van der Waals surface area contributed by atoms with E-state index in [9.17, 15) is 0 Å². The van der Waals surface area contributed by atoms with Crippen molar-refractivity contribution in [3.8, 4) is 6.07 Å². The highest BCUT2D eigenvalue weighted by Gasteiger charge is 1.98. The van der Waals surface area contributed by atoms with E-state index in [4.69, 9.17) is 10.4 Å². The zero-order valence-corrected chi connectivity index (χ0v) is 5.95. The molecule has 0 aromatic carbocycles. The van der Waals surface area contributed by atoms with Gasteiger partial charge in [-0.05, 0) is 0 Å². The Labute approximate surface area is 61.2 Å². The molecule has 0 rings (SSSR count). The van der Waals surface area contributed by atoms with Crippen LogP contribution in [0.4, 0.5) is 0 Å². The average molecular weight is 140 g/mol. The molecule has 10 heavy (non-hydrogen) atoms. The Kier molecular flexibility index (Phi) is 5.74. The van der Waals surface area contributed by atoms with Crippen molar-refractivity contribution in [3.05, 3.63) is 12.7 Å². The summed E-state index contributed by atoms with van der Waals surface area (Å²) < 4.78 is 0. The van der Waals surface area contributed by atoms with Crippen LogP contribution in [0.5, 0.6) is 0 Å². The second kappa shape index (κ2) is 6.27. The number of hydrogen-bond donors (Lipinski definition) is 1. The largest absolute Gasteiger partial charge is 0.395 e. The minimum Gasteiger partial charge on any atom is -0.395 e. The molecule has 0 aromatic heterocycles.